The van der Waals surface area contributed by atoms with E-state index in [-0.39, 0.29) is 30.2 Å². The van der Waals surface area contributed by atoms with Crippen LogP contribution < -0.4 is 5.32 Å². The third kappa shape index (κ3) is 3.47. The van der Waals surface area contributed by atoms with Crippen molar-refractivity contribution >= 4 is 34.2 Å². The van der Waals surface area contributed by atoms with E-state index in [9.17, 15) is 14.4 Å². The first-order valence-corrected chi connectivity index (χ1v) is 11.4. The summed E-state index contributed by atoms with van der Waals surface area (Å²) in [5, 5.41) is 5.15. The van der Waals surface area contributed by atoms with Crippen molar-refractivity contribution in [3.8, 4) is 11.3 Å². The van der Waals surface area contributed by atoms with Gasteiger partial charge in [-0.15, -0.1) is 11.3 Å². The van der Waals surface area contributed by atoms with Gasteiger partial charge in [-0.05, 0) is 55.7 Å². The van der Waals surface area contributed by atoms with E-state index < -0.39 is 5.91 Å². The van der Waals surface area contributed by atoms with Gasteiger partial charge in [-0.1, -0.05) is 24.3 Å². The van der Waals surface area contributed by atoms with Crippen molar-refractivity contribution in [2.24, 2.45) is 11.8 Å². The minimum atomic E-state index is -0.394. The Balaban J connectivity index is 1.25. The summed E-state index contributed by atoms with van der Waals surface area (Å²) in [7, 11) is 0. The van der Waals surface area contributed by atoms with Gasteiger partial charge in [0.05, 0.1) is 17.5 Å². The normalized spacial score (nSPS) is 22.7. The van der Waals surface area contributed by atoms with Crippen molar-refractivity contribution < 1.29 is 14.4 Å². The molecule has 6 nitrogen and oxygen atoms in total. The van der Waals surface area contributed by atoms with Crippen LogP contribution in [0.3, 0.4) is 0 Å². The molecule has 1 aromatic heterocycles. The summed E-state index contributed by atoms with van der Waals surface area (Å²) < 4.78 is 0. The fourth-order valence-electron chi connectivity index (χ4n) is 4.68. The van der Waals surface area contributed by atoms with Gasteiger partial charge in [0.25, 0.3) is 0 Å². The number of likely N-dealkylation sites (tertiary alicyclic amines) is 1. The van der Waals surface area contributed by atoms with Crippen molar-refractivity contribution in [3.63, 3.8) is 0 Å². The molecule has 2 aromatic rings. The van der Waals surface area contributed by atoms with Crippen LogP contribution in [0.5, 0.6) is 0 Å². The van der Waals surface area contributed by atoms with Crippen LogP contribution in [0.1, 0.15) is 36.8 Å². The van der Waals surface area contributed by atoms with Crippen LogP contribution in [-0.4, -0.2) is 34.2 Å². The summed E-state index contributed by atoms with van der Waals surface area (Å²) in [6.45, 7) is -0.252. The van der Waals surface area contributed by atoms with Gasteiger partial charge in [-0.3, -0.25) is 19.3 Å². The third-order valence-electron chi connectivity index (χ3n) is 6.30. The number of hydrogen-bond acceptors (Lipinski definition) is 5. The van der Waals surface area contributed by atoms with Gasteiger partial charge in [-0.2, -0.15) is 0 Å². The van der Waals surface area contributed by atoms with Crippen LogP contribution in [0, 0.1) is 11.8 Å². The molecular weight excluding hydrogens is 398 g/mol. The summed E-state index contributed by atoms with van der Waals surface area (Å²) in [5.41, 5.74) is 4.69. The zero-order chi connectivity index (χ0) is 20.7. The standard InChI is InChI=1S/C23H23N3O3S/c27-20(12-26-21(28)17-7-3-4-8-18(17)22(26)29)25-23-24-19(13-30-23)16-10-9-14-5-1-2-6-15(14)11-16/h3-4,9-11,13,17-18H,1-2,5-8,12H2,(H,24,25,27)/t17-,18+. The number of carbonyl (C=O) groups is 3. The number of allylic oxidation sites excluding steroid dienone is 2. The topological polar surface area (TPSA) is 79.4 Å². The van der Waals surface area contributed by atoms with Crippen LogP contribution in [0.15, 0.2) is 35.7 Å². The highest BCUT2D eigenvalue weighted by Gasteiger charge is 2.47. The van der Waals surface area contributed by atoms with Gasteiger partial charge in [-0.25, -0.2) is 4.98 Å². The number of nitrogens with one attached hydrogen (secondary N) is 1. The van der Waals surface area contributed by atoms with E-state index in [1.807, 2.05) is 17.5 Å². The quantitative estimate of drug-likeness (QED) is 0.605. The summed E-state index contributed by atoms with van der Waals surface area (Å²) in [6.07, 6.45) is 9.74. The largest absolute Gasteiger partial charge is 0.300 e. The van der Waals surface area contributed by atoms with Crippen LogP contribution in [-0.2, 0) is 27.2 Å². The summed E-state index contributed by atoms with van der Waals surface area (Å²) in [5.74, 6) is -1.50. The molecule has 30 heavy (non-hydrogen) atoms. The molecule has 0 unspecified atom stereocenters. The van der Waals surface area contributed by atoms with Crippen LogP contribution >= 0.6 is 11.3 Å². The number of fused-ring (bicyclic) bond motifs is 2. The molecule has 0 radical (unpaired) electrons. The summed E-state index contributed by atoms with van der Waals surface area (Å²) in [6, 6.07) is 6.47. The Labute approximate surface area is 179 Å². The molecule has 3 amide bonds. The molecular formula is C23H23N3O3S. The molecule has 1 aromatic carbocycles. The Morgan fingerprint density at radius 3 is 2.50 bits per heavy atom. The number of hydrogen-bond donors (Lipinski definition) is 1. The monoisotopic (exact) mass is 421 g/mol. The molecule has 1 fully saturated rings. The molecule has 0 spiro atoms. The fraction of sp³-hybridized carbons (Fsp3) is 0.391. The van der Waals surface area contributed by atoms with E-state index in [4.69, 9.17) is 0 Å². The van der Waals surface area contributed by atoms with E-state index in [1.54, 1.807) is 0 Å². The number of aromatic nitrogens is 1. The van der Waals surface area contributed by atoms with Crippen molar-refractivity contribution in [1.29, 1.82) is 0 Å². The number of imide groups is 1. The highest BCUT2D eigenvalue weighted by atomic mass is 32.1. The van der Waals surface area contributed by atoms with E-state index in [0.29, 0.717) is 18.0 Å². The maximum atomic E-state index is 12.5. The van der Waals surface area contributed by atoms with Crippen molar-refractivity contribution in [1.82, 2.24) is 9.88 Å². The number of amides is 3. The lowest BCUT2D eigenvalue weighted by atomic mass is 9.85. The minimum absolute atomic E-state index is 0.238. The molecule has 5 rings (SSSR count). The van der Waals surface area contributed by atoms with E-state index in [0.717, 1.165) is 29.0 Å². The highest BCUT2D eigenvalue weighted by molar-refractivity contribution is 7.14. The lowest BCUT2D eigenvalue weighted by Gasteiger charge is -2.16. The molecule has 2 heterocycles. The highest BCUT2D eigenvalue weighted by Crippen LogP contribution is 2.35. The predicted octanol–water partition coefficient (Wildman–Crippen LogP) is 3.58. The Kier molecular flexibility index (Phi) is 4.98. The fourth-order valence-corrected chi connectivity index (χ4v) is 5.42. The number of nitrogens with zero attached hydrogens (tertiary/aromatic N) is 2. The second-order valence-electron chi connectivity index (χ2n) is 8.20. The Morgan fingerprint density at radius 1 is 1.07 bits per heavy atom. The first-order chi connectivity index (χ1) is 14.6. The SMILES string of the molecule is O=C(CN1C(=O)[C@H]2CC=CC[C@H]2C1=O)Nc1nc(-c2ccc3c(c2)CCCC3)cs1. The van der Waals surface area contributed by atoms with E-state index >= 15 is 0 Å². The second-order valence-corrected chi connectivity index (χ2v) is 9.05. The number of carbonyl (C=O) groups excluding carboxylic acids is 3. The molecule has 0 saturated carbocycles. The Bertz CT molecular complexity index is 1030. The van der Waals surface area contributed by atoms with Gasteiger partial charge >= 0.3 is 0 Å². The molecule has 0 bridgehead atoms. The molecule has 2 atom stereocenters. The number of thiazole rings is 1. The maximum absolute atomic E-state index is 12.5. The zero-order valence-electron chi connectivity index (χ0n) is 16.6. The lowest BCUT2D eigenvalue weighted by Crippen LogP contribution is -2.38. The number of rotatable bonds is 4. The van der Waals surface area contributed by atoms with Crippen LogP contribution in [0.4, 0.5) is 5.13 Å². The first kappa shape index (κ1) is 19.2. The Morgan fingerprint density at radius 2 is 1.77 bits per heavy atom. The maximum Gasteiger partial charge on any atom is 0.246 e. The molecule has 154 valence electrons. The molecule has 7 heteroatoms. The van der Waals surface area contributed by atoms with Crippen molar-refractivity contribution in [3.05, 3.63) is 46.9 Å². The van der Waals surface area contributed by atoms with Crippen molar-refractivity contribution in [2.75, 3.05) is 11.9 Å². The van der Waals surface area contributed by atoms with Crippen LogP contribution in [0.25, 0.3) is 11.3 Å². The van der Waals surface area contributed by atoms with Gasteiger partial charge in [0.2, 0.25) is 17.7 Å². The average Bonchev–Trinajstić information content (AvgIpc) is 3.32. The van der Waals surface area contributed by atoms with Gasteiger partial charge in [0.15, 0.2) is 5.13 Å². The lowest BCUT2D eigenvalue weighted by molar-refractivity contribution is -0.142. The minimum Gasteiger partial charge on any atom is -0.300 e. The van der Waals surface area contributed by atoms with E-state index in [2.05, 4.69) is 28.5 Å². The molecule has 1 N–H and O–H groups in total. The van der Waals surface area contributed by atoms with E-state index in [1.165, 1.54) is 35.3 Å². The molecule has 1 aliphatic heterocycles. The first-order valence-electron chi connectivity index (χ1n) is 10.5. The molecule has 2 aliphatic carbocycles. The van der Waals surface area contributed by atoms with Crippen LogP contribution in [0.2, 0.25) is 0 Å². The van der Waals surface area contributed by atoms with Gasteiger partial charge < -0.3 is 5.32 Å². The predicted molar refractivity (Wildman–Crippen MR) is 115 cm³/mol. The Hall–Kier alpha value is -2.80. The molecule has 1 saturated heterocycles. The summed E-state index contributed by atoms with van der Waals surface area (Å²) >= 11 is 1.35. The second kappa shape index (κ2) is 7.80. The average molecular weight is 422 g/mol. The van der Waals surface area contributed by atoms with Gasteiger partial charge in [0, 0.05) is 10.9 Å². The number of anilines is 1. The zero-order valence-corrected chi connectivity index (χ0v) is 17.4. The van der Waals surface area contributed by atoms with Crippen molar-refractivity contribution in [2.45, 2.75) is 38.5 Å². The van der Waals surface area contributed by atoms with Gasteiger partial charge in [0.1, 0.15) is 6.54 Å². The smallest absolute Gasteiger partial charge is 0.246 e. The third-order valence-corrected chi connectivity index (χ3v) is 7.05. The number of aryl methyl sites for hydroxylation is 2. The number of benzene rings is 1. The molecule has 3 aliphatic rings. The summed E-state index contributed by atoms with van der Waals surface area (Å²) in [4.78, 5) is 43.2.